The molecule has 0 aliphatic rings. The van der Waals surface area contributed by atoms with E-state index in [1.54, 1.807) is 24.3 Å². The summed E-state index contributed by atoms with van der Waals surface area (Å²) in [6.07, 6.45) is 0. The molecule has 0 fully saturated rings. The molecule has 0 atom stereocenters. The van der Waals surface area contributed by atoms with Crippen molar-refractivity contribution in [2.45, 2.75) is 6.92 Å². The number of hydrogen-bond donors (Lipinski definition) is 1. The van der Waals surface area contributed by atoms with Gasteiger partial charge in [-0.1, -0.05) is 6.07 Å². The van der Waals surface area contributed by atoms with Gasteiger partial charge in [-0.15, -0.1) is 0 Å². The number of nitrogens with one attached hydrogen (secondary N) is 1. The van der Waals surface area contributed by atoms with Gasteiger partial charge in [0.1, 0.15) is 17.7 Å². The quantitative estimate of drug-likeness (QED) is 0.857. The van der Waals surface area contributed by atoms with Crippen molar-refractivity contribution >= 4 is 11.5 Å². The van der Waals surface area contributed by atoms with Crippen LogP contribution in [-0.4, -0.2) is 4.98 Å². The summed E-state index contributed by atoms with van der Waals surface area (Å²) in [6.45, 7) is 1.83. The molecule has 1 heterocycles. The topological polar surface area (TPSA) is 48.7 Å². The van der Waals surface area contributed by atoms with Crippen LogP contribution >= 0.6 is 0 Å². The SMILES string of the molecule is Cc1ccc(C#N)c(Nc2cccc(F)c2)n1. The van der Waals surface area contributed by atoms with Crippen molar-refractivity contribution in [3.05, 3.63) is 53.5 Å². The number of anilines is 2. The van der Waals surface area contributed by atoms with E-state index >= 15 is 0 Å². The minimum Gasteiger partial charge on any atom is -0.339 e. The van der Waals surface area contributed by atoms with Gasteiger partial charge in [0.2, 0.25) is 0 Å². The molecule has 4 heteroatoms. The first-order chi connectivity index (χ1) is 8.19. The van der Waals surface area contributed by atoms with Crippen LogP contribution in [0, 0.1) is 24.1 Å². The normalized spacial score (nSPS) is 9.71. The third-order valence-corrected chi connectivity index (χ3v) is 2.24. The highest BCUT2D eigenvalue weighted by atomic mass is 19.1. The number of nitrogens with zero attached hydrogens (tertiary/aromatic N) is 2. The van der Waals surface area contributed by atoms with E-state index in [0.29, 0.717) is 17.1 Å². The highest BCUT2D eigenvalue weighted by Crippen LogP contribution is 2.19. The molecule has 1 N–H and O–H groups in total. The van der Waals surface area contributed by atoms with Gasteiger partial charge in [-0.25, -0.2) is 9.37 Å². The Bertz CT molecular complexity index is 587. The standard InChI is InChI=1S/C13H10FN3/c1-9-5-6-10(8-15)13(16-9)17-12-4-2-3-11(14)7-12/h2-7H,1H3,(H,16,17). The lowest BCUT2D eigenvalue weighted by Crippen LogP contribution is -1.98. The van der Waals surface area contributed by atoms with E-state index < -0.39 is 0 Å². The molecule has 3 nitrogen and oxygen atoms in total. The zero-order chi connectivity index (χ0) is 12.3. The van der Waals surface area contributed by atoms with Gasteiger partial charge >= 0.3 is 0 Å². The predicted molar refractivity (Wildman–Crippen MR) is 63.4 cm³/mol. The molecule has 0 amide bonds. The Morgan fingerprint density at radius 1 is 1.29 bits per heavy atom. The molecule has 0 bridgehead atoms. The van der Waals surface area contributed by atoms with E-state index in [2.05, 4.69) is 10.3 Å². The van der Waals surface area contributed by atoms with E-state index in [-0.39, 0.29) is 5.82 Å². The van der Waals surface area contributed by atoms with Gasteiger partial charge in [-0.2, -0.15) is 5.26 Å². The van der Waals surface area contributed by atoms with E-state index in [1.807, 2.05) is 13.0 Å². The number of nitriles is 1. The Morgan fingerprint density at radius 2 is 2.12 bits per heavy atom. The van der Waals surface area contributed by atoms with Crippen molar-refractivity contribution < 1.29 is 4.39 Å². The number of pyridine rings is 1. The monoisotopic (exact) mass is 227 g/mol. The summed E-state index contributed by atoms with van der Waals surface area (Å²) >= 11 is 0. The molecule has 0 unspecified atom stereocenters. The number of rotatable bonds is 2. The molecule has 0 saturated heterocycles. The molecule has 0 aliphatic heterocycles. The lowest BCUT2D eigenvalue weighted by Gasteiger charge is -2.07. The van der Waals surface area contributed by atoms with Crippen molar-refractivity contribution in [3.8, 4) is 6.07 Å². The molecule has 2 rings (SSSR count). The van der Waals surface area contributed by atoms with Gasteiger partial charge in [-0.3, -0.25) is 0 Å². The van der Waals surface area contributed by atoms with Gasteiger partial charge in [0, 0.05) is 11.4 Å². The van der Waals surface area contributed by atoms with Crippen LogP contribution in [0.15, 0.2) is 36.4 Å². The first-order valence-electron chi connectivity index (χ1n) is 5.09. The van der Waals surface area contributed by atoms with Crippen LogP contribution in [0.4, 0.5) is 15.9 Å². The van der Waals surface area contributed by atoms with Crippen LogP contribution in [0.1, 0.15) is 11.3 Å². The summed E-state index contributed by atoms with van der Waals surface area (Å²) in [5.74, 6) is 0.110. The summed E-state index contributed by atoms with van der Waals surface area (Å²) in [5.41, 5.74) is 1.79. The van der Waals surface area contributed by atoms with Crippen LogP contribution in [0.2, 0.25) is 0 Å². The van der Waals surface area contributed by atoms with Gasteiger partial charge in [-0.05, 0) is 37.3 Å². The van der Waals surface area contributed by atoms with E-state index in [1.165, 1.54) is 12.1 Å². The molecule has 0 aliphatic carbocycles. The summed E-state index contributed by atoms with van der Waals surface area (Å²) in [7, 11) is 0. The molecular weight excluding hydrogens is 217 g/mol. The van der Waals surface area contributed by atoms with Crippen LogP contribution in [0.3, 0.4) is 0 Å². The lowest BCUT2D eigenvalue weighted by molar-refractivity contribution is 0.628. The maximum Gasteiger partial charge on any atom is 0.148 e. The zero-order valence-corrected chi connectivity index (χ0v) is 9.24. The first-order valence-corrected chi connectivity index (χ1v) is 5.09. The van der Waals surface area contributed by atoms with Crippen LogP contribution in [0.25, 0.3) is 0 Å². The minimum atomic E-state index is -0.332. The number of hydrogen-bond acceptors (Lipinski definition) is 3. The van der Waals surface area contributed by atoms with Gasteiger partial charge in [0.25, 0.3) is 0 Å². The fourth-order valence-corrected chi connectivity index (χ4v) is 1.45. The molecule has 2 aromatic rings. The second-order valence-corrected chi connectivity index (χ2v) is 3.60. The van der Waals surface area contributed by atoms with E-state index in [9.17, 15) is 4.39 Å². The number of halogens is 1. The van der Waals surface area contributed by atoms with Crippen molar-refractivity contribution in [1.29, 1.82) is 5.26 Å². The van der Waals surface area contributed by atoms with E-state index in [4.69, 9.17) is 5.26 Å². The van der Waals surface area contributed by atoms with Crippen molar-refractivity contribution in [2.24, 2.45) is 0 Å². The lowest BCUT2D eigenvalue weighted by atomic mass is 10.2. The van der Waals surface area contributed by atoms with Crippen molar-refractivity contribution in [2.75, 3.05) is 5.32 Å². The van der Waals surface area contributed by atoms with Gasteiger partial charge in [0.15, 0.2) is 0 Å². The Hall–Kier alpha value is -2.41. The second-order valence-electron chi connectivity index (χ2n) is 3.60. The van der Waals surface area contributed by atoms with Crippen LogP contribution in [0.5, 0.6) is 0 Å². The van der Waals surface area contributed by atoms with E-state index in [0.717, 1.165) is 5.69 Å². The average Bonchev–Trinajstić information content (AvgIpc) is 2.29. The Labute approximate surface area is 98.5 Å². The maximum atomic E-state index is 13.0. The highest BCUT2D eigenvalue weighted by molar-refractivity contribution is 5.62. The number of aryl methyl sites for hydroxylation is 1. The Morgan fingerprint density at radius 3 is 2.82 bits per heavy atom. The summed E-state index contributed by atoms with van der Waals surface area (Å²) in [4.78, 5) is 4.21. The first kappa shape index (κ1) is 11.1. The molecule has 17 heavy (non-hydrogen) atoms. The zero-order valence-electron chi connectivity index (χ0n) is 9.24. The molecule has 0 spiro atoms. The fourth-order valence-electron chi connectivity index (χ4n) is 1.45. The number of benzene rings is 1. The summed E-state index contributed by atoms with van der Waals surface area (Å²) in [6, 6.07) is 11.5. The minimum absolute atomic E-state index is 0.332. The second kappa shape index (κ2) is 4.62. The van der Waals surface area contributed by atoms with Crippen molar-refractivity contribution in [3.63, 3.8) is 0 Å². The maximum absolute atomic E-state index is 13.0. The van der Waals surface area contributed by atoms with Gasteiger partial charge < -0.3 is 5.32 Å². The molecule has 1 aromatic carbocycles. The molecule has 0 saturated carbocycles. The summed E-state index contributed by atoms with van der Waals surface area (Å²) in [5, 5.41) is 11.9. The van der Waals surface area contributed by atoms with Crippen molar-refractivity contribution in [1.82, 2.24) is 4.98 Å². The predicted octanol–water partition coefficient (Wildman–Crippen LogP) is 3.14. The molecular formula is C13H10FN3. The molecule has 0 radical (unpaired) electrons. The smallest absolute Gasteiger partial charge is 0.148 e. The molecule has 1 aromatic heterocycles. The third-order valence-electron chi connectivity index (χ3n) is 2.24. The third kappa shape index (κ3) is 2.58. The Balaban J connectivity index is 2.36. The van der Waals surface area contributed by atoms with Crippen LogP contribution < -0.4 is 5.32 Å². The highest BCUT2D eigenvalue weighted by Gasteiger charge is 2.04. The largest absolute Gasteiger partial charge is 0.339 e. The summed E-state index contributed by atoms with van der Waals surface area (Å²) < 4.78 is 13.0. The Kier molecular flexibility index (Phi) is 3.01. The average molecular weight is 227 g/mol. The number of aromatic nitrogens is 1. The van der Waals surface area contributed by atoms with Crippen LogP contribution in [-0.2, 0) is 0 Å². The fraction of sp³-hybridized carbons (Fsp3) is 0.0769. The molecule has 84 valence electrons. The van der Waals surface area contributed by atoms with Gasteiger partial charge in [0.05, 0.1) is 5.56 Å².